The van der Waals surface area contributed by atoms with E-state index in [1.54, 1.807) is 38.3 Å². The summed E-state index contributed by atoms with van der Waals surface area (Å²) < 4.78 is 10.9. The van der Waals surface area contributed by atoms with Crippen LogP contribution in [0.1, 0.15) is 71.5 Å². The highest BCUT2D eigenvalue weighted by atomic mass is 16.5. The first-order valence-corrected chi connectivity index (χ1v) is 14.6. The van der Waals surface area contributed by atoms with Crippen molar-refractivity contribution in [1.29, 1.82) is 0 Å². The van der Waals surface area contributed by atoms with E-state index in [0.29, 0.717) is 42.6 Å². The molecule has 0 saturated heterocycles. The third-order valence-corrected chi connectivity index (χ3v) is 6.27. The maximum Gasteiger partial charge on any atom is 0.170 e. The van der Waals surface area contributed by atoms with Gasteiger partial charge in [0.1, 0.15) is 18.1 Å². The van der Waals surface area contributed by atoms with Gasteiger partial charge < -0.3 is 14.6 Å². The van der Waals surface area contributed by atoms with Crippen molar-refractivity contribution in [1.82, 2.24) is 0 Å². The van der Waals surface area contributed by atoms with Crippen LogP contribution in [0, 0.1) is 0 Å². The first-order chi connectivity index (χ1) is 21.0. The molecule has 0 unspecified atom stereocenters. The first-order valence-electron chi connectivity index (χ1n) is 14.6. The standard InChI is InChI=1S/C38H47NO5/c1-9-11-13-17-32(23-26-35(41)31-21-24-33(43-8)25-22-31)39-34(28(3)4)18-15-16-19-36(42)38(29(5)6)37(20-14-12-10-2)44-27-30(7)40/h9-11,13-17,21-22,24-25,35,41H,1,3,5,18-20,23,26-27H2,2,4,6-8H3/b13-11+,16-15+,32-17-,38-37+,39-34-/t12?,35-/m0/s1. The maximum absolute atomic E-state index is 13.2. The molecule has 0 aromatic heterocycles. The van der Waals surface area contributed by atoms with E-state index in [4.69, 9.17) is 14.5 Å². The molecule has 0 fully saturated rings. The number of rotatable bonds is 20. The van der Waals surface area contributed by atoms with Crippen LogP contribution >= 0.6 is 0 Å². The summed E-state index contributed by atoms with van der Waals surface area (Å²) in [5.41, 5.74) is 7.08. The smallest absolute Gasteiger partial charge is 0.170 e. The highest BCUT2D eigenvalue weighted by Gasteiger charge is 2.17. The van der Waals surface area contributed by atoms with E-state index in [-0.39, 0.29) is 24.6 Å². The Bertz CT molecular complexity index is 1380. The van der Waals surface area contributed by atoms with Crippen LogP contribution in [0.25, 0.3) is 0 Å². The summed E-state index contributed by atoms with van der Waals surface area (Å²) in [6, 6.07) is 7.36. The number of carbonyl (C=O) groups is 2. The molecule has 0 aliphatic carbocycles. The number of hydrogen-bond acceptors (Lipinski definition) is 6. The second kappa shape index (κ2) is 21.2. The number of Topliss-reactive ketones (excluding diaryl/α,β-unsaturated/α-hetero) is 2. The zero-order valence-corrected chi connectivity index (χ0v) is 26.9. The Morgan fingerprint density at radius 3 is 2.27 bits per heavy atom. The van der Waals surface area contributed by atoms with Gasteiger partial charge in [-0.3, -0.25) is 14.6 Å². The van der Waals surface area contributed by atoms with Crippen molar-refractivity contribution < 1.29 is 24.2 Å². The van der Waals surface area contributed by atoms with E-state index in [0.717, 1.165) is 28.3 Å². The summed E-state index contributed by atoms with van der Waals surface area (Å²) in [6.45, 7) is 18.6. The number of benzene rings is 1. The van der Waals surface area contributed by atoms with Crippen molar-refractivity contribution in [3.05, 3.63) is 132 Å². The predicted molar refractivity (Wildman–Crippen MR) is 182 cm³/mol. The van der Waals surface area contributed by atoms with Gasteiger partial charge >= 0.3 is 0 Å². The van der Waals surface area contributed by atoms with Crippen LogP contribution in [-0.4, -0.2) is 36.1 Å². The molecule has 1 aromatic rings. The number of hydrogen-bond donors (Lipinski definition) is 1. The van der Waals surface area contributed by atoms with Crippen molar-refractivity contribution in [2.45, 2.75) is 65.9 Å². The number of aliphatic hydroxyl groups is 1. The number of aliphatic hydroxyl groups excluding tert-OH is 1. The molecule has 234 valence electrons. The molecular weight excluding hydrogens is 550 g/mol. The Morgan fingerprint density at radius 2 is 1.70 bits per heavy atom. The fourth-order valence-corrected chi connectivity index (χ4v) is 4.00. The number of aliphatic imine (C=N–C) groups is 1. The Labute approximate surface area is 263 Å². The summed E-state index contributed by atoms with van der Waals surface area (Å²) in [4.78, 5) is 29.6. The second-order valence-electron chi connectivity index (χ2n) is 10.2. The summed E-state index contributed by atoms with van der Waals surface area (Å²) in [5, 5.41) is 10.8. The number of allylic oxidation sites excluding steroid dienone is 11. The third-order valence-electron chi connectivity index (χ3n) is 6.27. The summed E-state index contributed by atoms with van der Waals surface area (Å²) in [5.74, 6) is 0.847. The van der Waals surface area contributed by atoms with Gasteiger partial charge in [-0.2, -0.15) is 0 Å². The average Bonchev–Trinajstić information content (AvgIpc) is 2.99. The number of ether oxygens (including phenoxy) is 2. The topological polar surface area (TPSA) is 85.2 Å². The van der Waals surface area contributed by atoms with Crippen molar-refractivity contribution >= 4 is 17.3 Å². The molecule has 0 amide bonds. The predicted octanol–water partition coefficient (Wildman–Crippen LogP) is 8.61. The molecule has 1 rings (SSSR count). The van der Waals surface area contributed by atoms with Crippen LogP contribution in [0.15, 0.2) is 132 Å². The Hall–Kier alpha value is -4.51. The SMILES string of the molecule is C=C/C=C/C=C(CC[C@H](O)c1ccc(OC)cc1)\N=C(\C/C=C/CC(=O)/C(C(=C)C)=C(\CC=C=CC)OCC(C)=O)C(=C)C. The van der Waals surface area contributed by atoms with Crippen LogP contribution in [0.2, 0.25) is 0 Å². The normalized spacial score (nSPS) is 13.1. The molecule has 0 saturated carbocycles. The van der Waals surface area contributed by atoms with Gasteiger partial charge in [-0.25, -0.2) is 0 Å². The van der Waals surface area contributed by atoms with E-state index in [2.05, 4.69) is 25.5 Å². The molecule has 44 heavy (non-hydrogen) atoms. The van der Waals surface area contributed by atoms with Crippen molar-refractivity contribution in [2.75, 3.05) is 13.7 Å². The molecule has 1 N–H and O–H groups in total. The lowest BCUT2D eigenvalue weighted by molar-refractivity contribution is -0.120. The monoisotopic (exact) mass is 597 g/mol. The minimum Gasteiger partial charge on any atom is -0.497 e. The molecule has 6 heteroatoms. The summed E-state index contributed by atoms with van der Waals surface area (Å²) in [6.07, 6.45) is 15.7. The van der Waals surface area contributed by atoms with Gasteiger partial charge in [0.05, 0.1) is 18.8 Å². The van der Waals surface area contributed by atoms with E-state index in [9.17, 15) is 14.7 Å². The van der Waals surface area contributed by atoms with Gasteiger partial charge in [-0.05, 0) is 87.6 Å². The second-order valence-corrected chi connectivity index (χ2v) is 10.2. The molecule has 1 aromatic carbocycles. The lowest BCUT2D eigenvalue weighted by Gasteiger charge is -2.14. The molecular formula is C38H47NO5. The van der Waals surface area contributed by atoms with Gasteiger partial charge in [-0.15, -0.1) is 5.73 Å². The van der Waals surface area contributed by atoms with Gasteiger partial charge in [0.2, 0.25) is 0 Å². The molecule has 0 aliphatic rings. The number of nitrogens with zero attached hydrogens (tertiary/aromatic N) is 1. The number of carbonyl (C=O) groups excluding carboxylic acids is 2. The van der Waals surface area contributed by atoms with Crippen LogP contribution in [0.4, 0.5) is 0 Å². The molecule has 0 heterocycles. The van der Waals surface area contributed by atoms with Gasteiger partial charge in [0.15, 0.2) is 11.6 Å². The first kappa shape index (κ1) is 37.5. The highest BCUT2D eigenvalue weighted by Crippen LogP contribution is 2.24. The fourth-order valence-electron chi connectivity index (χ4n) is 4.00. The van der Waals surface area contributed by atoms with Gasteiger partial charge in [-0.1, -0.05) is 62.2 Å². The highest BCUT2D eigenvalue weighted by molar-refractivity contribution is 6.02. The third kappa shape index (κ3) is 14.6. The fraction of sp³-hybridized carbons (Fsp3) is 0.316. The summed E-state index contributed by atoms with van der Waals surface area (Å²) >= 11 is 0. The van der Waals surface area contributed by atoms with Crippen LogP contribution < -0.4 is 4.74 Å². The van der Waals surface area contributed by atoms with Crippen LogP contribution in [-0.2, 0) is 14.3 Å². The zero-order valence-electron chi connectivity index (χ0n) is 26.9. The molecule has 0 bridgehead atoms. The van der Waals surface area contributed by atoms with Gasteiger partial charge in [0.25, 0.3) is 0 Å². The van der Waals surface area contributed by atoms with Crippen LogP contribution in [0.5, 0.6) is 5.75 Å². The van der Waals surface area contributed by atoms with Gasteiger partial charge in [0, 0.05) is 30.7 Å². The summed E-state index contributed by atoms with van der Waals surface area (Å²) in [7, 11) is 1.61. The quantitative estimate of drug-likeness (QED) is 0.0406. The van der Waals surface area contributed by atoms with E-state index in [1.165, 1.54) is 6.92 Å². The van der Waals surface area contributed by atoms with Crippen molar-refractivity contribution in [2.24, 2.45) is 4.99 Å². The molecule has 0 radical (unpaired) electrons. The minimum absolute atomic E-state index is 0.119. The Kier molecular flexibility index (Phi) is 18.1. The van der Waals surface area contributed by atoms with E-state index >= 15 is 0 Å². The molecule has 6 nitrogen and oxygen atoms in total. The van der Waals surface area contributed by atoms with E-state index in [1.807, 2.05) is 62.4 Å². The Morgan fingerprint density at radius 1 is 1.02 bits per heavy atom. The maximum atomic E-state index is 13.2. The molecule has 0 spiro atoms. The molecule has 1 atom stereocenters. The average molecular weight is 598 g/mol. The van der Waals surface area contributed by atoms with Crippen LogP contribution in [0.3, 0.4) is 0 Å². The number of methoxy groups -OCH3 is 1. The largest absolute Gasteiger partial charge is 0.497 e. The van der Waals surface area contributed by atoms with E-state index < -0.39 is 6.10 Å². The number of ketones is 2. The van der Waals surface area contributed by atoms with Crippen molar-refractivity contribution in [3.63, 3.8) is 0 Å². The lowest BCUT2D eigenvalue weighted by Crippen LogP contribution is -2.11. The molecule has 0 aliphatic heterocycles. The van der Waals surface area contributed by atoms with Crippen molar-refractivity contribution in [3.8, 4) is 5.75 Å². The lowest BCUT2D eigenvalue weighted by atomic mass is 9.98. The zero-order chi connectivity index (χ0) is 32.9. The minimum atomic E-state index is -0.657. The Balaban J connectivity index is 3.13.